The minimum Gasteiger partial charge on any atom is -0.390 e. The van der Waals surface area contributed by atoms with Gasteiger partial charge in [0.15, 0.2) is 0 Å². The zero-order chi connectivity index (χ0) is 24.1. The van der Waals surface area contributed by atoms with E-state index in [4.69, 9.17) is 0 Å². The molecule has 3 aromatic carbocycles. The fourth-order valence-corrected chi connectivity index (χ4v) is 4.68. The molecule has 34 heavy (non-hydrogen) atoms. The summed E-state index contributed by atoms with van der Waals surface area (Å²) in [6, 6.07) is 18.1. The molecule has 0 aromatic heterocycles. The van der Waals surface area contributed by atoms with E-state index >= 15 is 0 Å². The molecule has 0 fully saturated rings. The van der Waals surface area contributed by atoms with Crippen LogP contribution in [-0.2, 0) is 12.8 Å². The standard InChI is InChI=1S/C28H30F2N2O2/c1-18-6-4-9-21(12-18)28(34)32-26(15-19-13-22(29)16-23(30)14-19)27(33)17-31-25-11-5-8-20-7-2-3-10-24(20)25/h2-4,6-7,9-10,12-14,16,25-27,31,33H,5,8,11,15,17H2,1H3,(H,32,34)/t25-,26?,27?/m0/s1. The van der Waals surface area contributed by atoms with Gasteiger partial charge in [-0.15, -0.1) is 0 Å². The topological polar surface area (TPSA) is 61.4 Å². The van der Waals surface area contributed by atoms with Crippen molar-refractivity contribution < 1.29 is 18.7 Å². The maximum absolute atomic E-state index is 13.8. The maximum Gasteiger partial charge on any atom is 0.251 e. The summed E-state index contributed by atoms with van der Waals surface area (Å²) in [6.07, 6.45) is 2.18. The van der Waals surface area contributed by atoms with Crippen LogP contribution in [-0.4, -0.2) is 29.7 Å². The number of aliphatic hydroxyl groups is 1. The summed E-state index contributed by atoms with van der Waals surface area (Å²) in [5, 5.41) is 17.4. The molecular weight excluding hydrogens is 434 g/mol. The third-order valence-corrected chi connectivity index (χ3v) is 6.38. The zero-order valence-corrected chi connectivity index (χ0v) is 19.2. The third-order valence-electron chi connectivity index (χ3n) is 6.38. The molecule has 3 N–H and O–H groups in total. The lowest BCUT2D eigenvalue weighted by molar-refractivity contribution is 0.0823. The van der Waals surface area contributed by atoms with Crippen LogP contribution >= 0.6 is 0 Å². The monoisotopic (exact) mass is 464 g/mol. The van der Waals surface area contributed by atoms with E-state index in [1.54, 1.807) is 18.2 Å². The van der Waals surface area contributed by atoms with Gasteiger partial charge in [-0.05, 0) is 73.6 Å². The number of aliphatic hydroxyl groups excluding tert-OH is 1. The van der Waals surface area contributed by atoms with E-state index in [1.807, 2.05) is 25.1 Å². The van der Waals surface area contributed by atoms with E-state index in [9.17, 15) is 18.7 Å². The Kier molecular flexibility index (Phi) is 7.70. The van der Waals surface area contributed by atoms with Crippen LogP contribution in [0, 0.1) is 18.6 Å². The zero-order valence-electron chi connectivity index (χ0n) is 19.2. The lowest BCUT2D eigenvalue weighted by Crippen LogP contribution is -2.49. The normalized spacial score (nSPS) is 17.0. The van der Waals surface area contributed by atoms with Gasteiger partial charge in [0.05, 0.1) is 12.1 Å². The molecule has 3 aromatic rings. The van der Waals surface area contributed by atoms with Crippen LogP contribution in [0.1, 0.15) is 51.5 Å². The average Bonchev–Trinajstić information content (AvgIpc) is 2.81. The van der Waals surface area contributed by atoms with Gasteiger partial charge in [0, 0.05) is 24.2 Å². The summed E-state index contributed by atoms with van der Waals surface area (Å²) < 4.78 is 27.6. The Morgan fingerprint density at radius 1 is 1.06 bits per heavy atom. The number of amides is 1. The molecule has 4 rings (SSSR count). The Hall–Kier alpha value is -3.09. The highest BCUT2D eigenvalue weighted by atomic mass is 19.1. The Balaban J connectivity index is 1.50. The van der Waals surface area contributed by atoms with Crippen molar-refractivity contribution in [2.75, 3.05) is 6.54 Å². The van der Waals surface area contributed by atoms with Crippen molar-refractivity contribution in [2.24, 2.45) is 0 Å². The fourth-order valence-electron chi connectivity index (χ4n) is 4.68. The summed E-state index contributed by atoms with van der Waals surface area (Å²) in [7, 11) is 0. The minimum absolute atomic E-state index is 0.0936. The third kappa shape index (κ3) is 6.07. The highest BCUT2D eigenvalue weighted by Gasteiger charge is 2.26. The van der Waals surface area contributed by atoms with Crippen LogP contribution in [0.25, 0.3) is 0 Å². The van der Waals surface area contributed by atoms with Crippen molar-refractivity contribution in [1.29, 1.82) is 0 Å². The molecule has 0 heterocycles. The quantitative estimate of drug-likeness (QED) is 0.455. The predicted octanol–water partition coefficient (Wildman–Crippen LogP) is 4.64. The number of halogens is 2. The highest BCUT2D eigenvalue weighted by molar-refractivity contribution is 5.94. The summed E-state index contributed by atoms with van der Waals surface area (Å²) in [5.74, 6) is -1.72. The Labute approximate surface area is 199 Å². The van der Waals surface area contributed by atoms with Gasteiger partial charge in [0.25, 0.3) is 5.91 Å². The van der Waals surface area contributed by atoms with Crippen molar-refractivity contribution >= 4 is 5.91 Å². The number of aryl methyl sites for hydroxylation is 2. The van der Waals surface area contributed by atoms with E-state index in [0.29, 0.717) is 11.1 Å². The molecule has 178 valence electrons. The van der Waals surface area contributed by atoms with Gasteiger partial charge in [0.1, 0.15) is 11.6 Å². The molecule has 1 aliphatic rings. The maximum atomic E-state index is 13.8. The lowest BCUT2D eigenvalue weighted by atomic mass is 9.87. The van der Waals surface area contributed by atoms with E-state index in [0.717, 1.165) is 30.9 Å². The number of nitrogens with one attached hydrogen (secondary N) is 2. The van der Waals surface area contributed by atoms with Crippen LogP contribution in [0.2, 0.25) is 0 Å². The minimum atomic E-state index is -0.964. The predicted molar refractivity (Wildman–Crippen MR) is 129 cm³/mol. The first-order valence-electron chi connectivity index (χ1n) is 11.7. The van der Waals surface area contributed by atoms with E-state index < -0.39 is 23.8 Å². The molecule has 1 aliphatic carbocycles. The largest absolute Gasteiger partial charge is 0.390 e. The van der Waals surface area contributed by atoms with Gasteiger partial charge in [-0.1, -0.05) is 42.0 Å². The van der Waals surface area contributed by atoms with Gasteiger partial charge in [0.2, 0.25) is 0 Å². The second kappa shape index (κ2) is 10.9. The summed E-state index contributed by atoms with van der Waals surface area (Å²) in [4.78, 5) is 12.9. The van der Waals surface area contributed by atoms with Crippen LogP contribution < -0.4 is 10.6 Å². The van der Waals surface area contributed by atoms with Gasteiger partial charge in [-0.3, -0.25) is 4.79 Å². The molecule has 0 saturated carbocycles. The van der Waals surface area contributed by atoms with Crippen molar-refractivity contribution in [1.82, 2.24) is 10.6 Å². The molecule has 4 nitrogen and oxygen atoms in total. The van der Waals surface area contributed by atoms with Gasteiger partial charge in [-0.2, -0.15) is 0 Å². The Morgan fingerprint density at radius 3 is 2.59 bits per heavy atom. The van der Waals surface area contributed by atoms with Gasteiger partial charge >= 0.3 is 0 Å². The molecule has 3 atom stereocenters. The molecule has 0 aliphatic heterocycles. The van der Waals surface area contributed by atoms with Crippen molar-refractivity contribution in [2.45, 2.75) is 50.8 Å². The number of fused-ring (bicyclic) bond motifs is 1. The molecule has 2 unspecified atom stereocenters. The molecule has 1 amide bonds. The first kappa shape index (κ1) is 24.0. The summed E-state index contributed by atoms with van der Waals surface area (Å²) in [5.41, 5.74) is 4.31. The van der Waals surface area contributed by atoms with Crippen LogP contribution in [0.3, 0.4) is 0 Å². The summed E-state index contributed by atoms with van der Waals surface area (Å²) >= 11 is 0. The molecule has 0 saturated heterocycles. The first-order valence-corrected chi connectivity index (χ1v) is 11.7. The van der Waals surface area contributed by atoms with Crippen LogP contribution in [0.5, 0.6) is 0 Å². The van der Waals surface area contributed by atoms with Crippen molar-refractivity contribution in [3.05, 3.63) is 106 Å². The highest BCUT2D eigenvalue weighted by Crippen LogP contribution is 2.29. The van der Waals surface area contributed by atoms with Gasteiger partial charge in [-0.25, -0.2) is 8.78 Å². The average molecular weight is 465 g/mol. The number of benzene rings is 3. The Bertz CT molecular complexity index is 1130. The van der Waals surface area contributed by atoms with Crippen LogP contribution in [0.15, 0.2) is 66.7 Å². The SMILES string of the molecule is Cc1cccc(C(=O)NC(Cc2cc(F)cc(F)c2)C(O)CN[C@H]2CCCc3ccccc32)c1. The lowest BCUT2D eigenvalue weighted by Gasteiger charge is -2.30. The first-order chi connectivity index (χ1) is 16.4. The van der Waals surface area contributed by atoms with Crippen molar-refractivity contribution in [3.8, 4) is 0 Å². The molecule has 0 bridgehead atoms. The number of hydrogen-bond acceptors (Lipinski definition) is 3. The number of hydrogen-bond donors (Lipinski definition) is 3. The number of carbonyl (C=O) groups is 1. The molecular formula is C28H30F2N2O2. The molecule has 6 heteroatoms. The second-order valence-electron chi connectivity index (χ2n) is 9.05. The van der Waals surface area contributed by atoms with Crippen molar-refractivity contribution in [3.63, 3.8) is 0 Å². The second-order valence-corrected chi connectivity index (χ2v) is 9.05. The van der Waals surface area contributed by atoms with E-state index in [2.05, 4.69) is 22.8 Å². The Morgan fingerprint density at radius 2 is 1.82 bits per heavy atom. The smallest absolute Gasteiger partial charge is 0.251 e. The van der Waals surface area contributed by atoms with E-state index in [1.165, 1.54) is 23.3 Å². The molecule has 0 spiro atoms. The molecule has 0 radical (unpaired) electrons. The van der Waals surface area contributed by atoms with E-state index in [-0.39, 0.29) is 24.9 Å². The number of carbonyl (C=O) groups excluding carboxylic acids is 1. The van der Waals surface area contributed by atoms with Crippen LogP contribution in [0.4, 0.5) is 8.78 Å². The fraction of sp³-hybridized carbons (Fsp3) is 0.321. The summed E-state index contributed by atoms with van der Waals surface area (Å²) in [6.45, 7) is 2.13. The number of rotatable bonds is 8. The van der Waals surface area contributed by atoms with Gasteiger partial charge < -0.3 is 15.7 Å².